The van der Waals surface area contributed by atoms with E-state index in [0.717, 1.165) is 27.2 Å². The largest absolute Gasteiger partial charge is 0.370 e. The molecule has 0 radical (unpaired) electrons. The van der Waals surface area contributed by atoms with Gasteiger partial charge in [-0.05, 0) is 34.7 Å². The Hall–Kier alpha value is -4.49. The Balaban J connectivity index is 1.22. The second kappa shape index (κ2) is 8.26. The summed E-state index contributed by atoms with van der Waals surface area (Å²) in [5.41, 5.74) is 15.0. The second-order valence-corrected chi connectivity index (χ2v) is 10.9. The number of fused-ring (bicyclic) bond motifs is 3. The number of carbonyl (C=O) groups is 3. The molecule has 0 saturated carbocycles. The first-order chi connectivity index (χ1) is 19.1. The normalized spacial score (nSPS) is 29.3. The Morgan fingerprint density at radius 2 is 1.82 bits per heavy atom. The maximum absolute atomic E-state index is 13.7. The average molecular weight is 546 g/mol. The molecule has 206 valence electrons. The third-order valence-electron chi connectivity index (χ3n) is 8.77. The zero-order valence-electron chi connectivity index (χ0n) is 21.4. The molecule has 3 amide bonds. The van der Waals surface area contributed by atoms with Crippen molar-refractivity contribution in [3.8, 4) is 11.1 Å². The van der Waals surface area contributed by atoms with E-state index in [2.05, 4.69) is 20.9 Å². The highest BCUT2D eigenvalue weighted by atomic mass is 16.5. The Bertz CT molecular complexity index is 1550. The van der Waals surface area contributed by atoms with Crippen LogP contribution >= 0.6 is 0 Å². The van der Waals surface area contributed by atoms with Gasteiger partial charge in [0.15, 0.2) is 5.96 Å². The molecule has 2 fully saturated rings. The van der Waals surface area contributed by atoms with Gasteiger partial charge in [-0.25, -0.2) is 9.57 Å². The number of hydrogen-bond acceptors (Lipinski definition) is 10. The standard InChI is InChI=1S/C27H28N8O5/c28-24-32-22-17(11-34-19(36)8-9-20(34)37)30-25(29)35-12-18(27(39,40)26(22,35)33-24)31-23(38)16-7-3-5-14-10-13-4-1-2-6-15(13)21(14)16/h1-7,17-18,22,39-40H,8-12H2,(H6,28,29,30,31,32,33,38)/p+1/t17-,18?,22-,26-/m0/s1. The van der Waals surface area contributed by atoms with Crippen LogP contribution in [0.4, 0.5) is 0 Å². The summed E-state index contributed by atoms with van der Waals surface area (Å²) in [6.45, 7) is -0.163. The van der Waals surface area contributed by atoms with Crippen LogP contribution in [-0.4, -0.2) is 92.0 Å². The number of aliphatic hydroxyl groups is 2. The van der Waals surface area contributed by atoms with E-state index in [1.165, 1.54) is 4.58 Å². The molecule has 2 aromatic carbocycles. The number of benzene rings is 2. The third-order valence-corrected chi connectivity index (χ3v) is 8.77. The average Bonchev–Trinajstić information content (AvgIpc) is 3.63. The molecule has 2 saturated heterocycles. The number of likely N-dealkylation sites (tertiary alicyclic amines) is 1. The smallest absolute Gasteiger partial charge is 0.346 e. The number of imide groups is 1. The van der Waals surface area contributed by atoms with Crippen molar-refractivity contribution in [3.05, 3.63) is 59.2 Å². The predicted octanol–water partition coefficient (Wildman–Crippen LogP) is -2.52. The van der Waals surface area contributed by atoms with Gasteiger partial charge in [0.2, 0.25) is 23.3 Å². The number of hydrogen-bond donors (Lipinski definition) is 7. The molecular weight excluding hydrogens is 516 g/mol. The summed E-state index contributed by atoms with van der Waals surface area (Å²) in [6.07, 6.45) is 0.934. The molecule has 40 heavy (non-hydrogen) atoms. The van der Waals surface area contributed by atoms with Crippen LogP contribution in [0, 0.1) is 0 Å². The van der Waals surface area contributed by atoms with Crippen molar-refractivity contribution in [3.63, 3.8) is 0 Å². The van der Waals surface area contributed by atoms with Crippen LogP contribution in [0.15, 0.2) is 47.5 Å². The summed E-state index contributed by atoms with van der Waals surface area (Å²) in [7, 11) is 0. The molecule has 4 atom stereocenters. The van der Waals surface area contributed by atoms with Gasteiger partial charge in [-0.2, -0.15) is 0 Å². The number of carbonyl (C=O) groups excluding carboxylic acids is 3. The highest BCUT2D eigenvalue weighted by Gasteiger charge is 2.75. The van der Waals surface area contributed by atoms with Gasteiger partial charge in [0, 0.05) is 18.4 Å². The lowest BCUT2D eigenvalue weighted by molar-refractivity contribution is -0.623. The molecule has 1 aliphatic carbocycles. The molecule has 0 bridgehead atoms. The summed E-state index contributed by atoms with van der Waals surface area (Å²) in [6, 6.07) is 10.4. The molecule has 2 aromatic rings. The van der Waals surface area contributed by atoms with Gasteiger partial charge in [-0.1, -0.05) is 36.4 Å². The van der Waals surface area contributed by atoms with E-state index < -0.39 is 35.5 Å². The number of nitrogens with one attached hydrogen (secondary N) is 3. The van der Waals surface area contributed by atoms with E-state index in [1.54, 1.807) is 6.07 Å². The van der Waals surface area contributed by atoms with Gasteiger partial charge in [-0.15, -0.1) is 0 Å². The number of guanidine groups is 2. The first-order valence-corrected chi connectivity index (χ1v) is 13.2. The Labute approximate surface area is 228 Å². The topological polar surface area (TPSA) is 198 Å². The van der Waals surface area contributed by atoms with Gasteiger partial charge in [-0.3, -0.25) is 30.3 Å². The zero-order chi connectivity index (χ0) is 28.0. The summed E-state index contributed by atoms with van der Waals surface area (Å²) >= 11 is 0. The number of aliphatic imine (C=N–C) groups is 1. The molecule has 4 aliphatic heterocycles. The Kier molecular flexibility index (Phi) is 5.07. The van der Waals surface area contributed by atoms with Crippen LogP contribution < -0.4 is 27.4 Å². The van der Waals surface area contributed by atoms with Crippen molar-refractivity contribution in [2.45, 2.75) is 48.8 Å². The van der Waals surface area contributed by atoms with E-state index in [1.807, 2.05) is 36.4 Å². The fourth-order valence-corrected chi connectivity index (χ4v) is 6.95. The minimum absolute atomic E-state index is 0.0625. The van der Waals surface area contributed by atoms with E-state index in [9.17, 15) is 24.6 Å². The van der Waals surface area contributed by atoms with Crippen molar-refractivity contribution >= 4 is 29.6 Å². The van der Waals surface area contributed by atoms with E-state index in [-0.39, 0.29) is 49.7 Å². The number of nitrogens with zero attached hydrogens (tertiary/aromatic N) is 3. The lowest BCUT2D eigenvalue weighted by atomic mass is 9.85. The minimum atomic E-state index is -2.61. The van der Waals surface area contributed by atoms with Crippen molar-refractivity contribution in [2.75, 3.05) is 13.1 Å². The van der Waals surface area contributed by atoms with Crippen LogP contribution in [-0.2, 0) is 16.0 Å². The molecule has 1 unspecified atom stereocenters. The molecule has 7 rings (SSSR count). The molecule has 13 nitrogen and oxygen atoms in total. The van der Waals surface area contributed by atoms with E-state index in [4.69, 9.17) is 11.5 Å². The van der Waals surface area contributed by atoms with Gasteiger partial charge in [0.05, 0.1) is 13.1 Å². The SMILES string of the molecule is NC1=N[C@H]2[C@H](CN3C(=O)CCC3=O)NC(N)=[N+]3CC(NC(=O)c4cccc5c4-c4ccccc4C5)C(O)(O)[C@]23N1. The summed E-state index contributed by atoms with van der Waals surface area (Å²) < 4.78 is 1.49. The highest BCUT2D eigenvalue weighted by Crippen LogP contribution is 2.43. The van der Waals surface area contributed by atoms with Crippen LogP contribution in [0.1, 0.15) is 34.3 Å². The summed E-state index contributed by atoms with van der Waals surface area (Å²) in [4.78, 5) is 43.9. The van der Waals surface area contributed by atoms with Crippen LogP contribution in [0.25, 0.3) is 11.1 Å². The zero-order valence-corrected chi connectivity index (χ0v) is 21.4. The predicted molar refractivity (Wildman–Crippen MR) is 142 cm³/mol. The van der Waals surface area contributed by atoms with Crippen LogP contribution in [0.5, 0.6) is 0 Å². The van der Waals surface area contributed by atoms with Crippen LogP contribution in [0.2, 0.25) is 0 Å². The van der Waals surface area contributed by atoms with Crippen molar-refractivity contribution < 1.29 is 29.2 Å². The molecule has 1 spiro atoms. The molecule has 13 heteroatoms. The van der Waals surface area contributed by atoms with Crippen molar-refractivity contribution in [1.82, 2.24) is 20.9 Å². The number of amides is 3. The minimum Gasteiger partial charge on any atom is -0.370 e. The molecule has 4 heterocycles. The van der Waals surface area contributed by atoms with Gasteiger partial charge >= 0.3 is 5.96 Å². The van der Waals surface area contributed by atoms with E-state index in [0.29, 0.717) is 12.0 Å². The number of nitrogens with two attached hydrogens (primary N) is 2. The van der Waals surface area contributed by atoms with E-state index >= 15 is 0 Å². The summed E-state index contributed by atoms with van der Waals surface area (Å²) in [5.74, 6) is -3.72. The maximum atomic E-state index is 13.7. The molecule has 5 aliphatic rings. The fraction of sp³-hybridized carbons (Fsp3) is 0.370. The lowest BCUT2D eigenvalue weighted by Gasteiger charge is -2.44. The van der Waals surface area contributed by atoms with Crippen molar-refractivity contribution in [1.29, 1.82) is 0 Å². The second-order valence-electron chi connectivity index (χ2n) is 10.9. The maximum Gasteiger partial charge on any atom is 0.346 e. The van der Waals surface area contributed by atoms with Gasteiger partial charge in [0.1, 0.15) is 18.1 Å². The fourth-order valence-electron chi connectivity index (χ4n) is 6.95. The van der Waals surface area contributed by atoms with Crippen LogP contribution in [0.3, 0.4) is 0 Å². The Morgan fingerprint density at radius 1 is 1.10 bits per heavy atom. The molecular formula is C27H29N8O5+. The summed E-state index contributed by atoms with van der Waals surface area (Å²) in [5, 5.41) is 32.3. The number of rotatable bonds is 4. The van der Waals surface area contributed by atoms with Crippen molar-refractivity contribution in [2.24, 2.45) is 16.5 Å². The lowest BCUT2D eigenvalue weighted by Crippen LogP contribution is -2.79. The first-order valence-electron chi connectivity index (χ1n) is 13.2. The molecule has 9 N–H and O–H groups in total. The quantitative estimate of drug-likeness (QED) is 0.105. The van der Waals surface area contributed by atoms with Gasteiger partial charge < -0.3 is 26.6 Å². The first kappa shape index (κ1) is 24.5. The van der Waals surface area contributed by atoms with Gasteiger partial charge in [0.25, 0.3) is 5.91 Å². The third kappa shape index (κ3) is 3.18. The monoisotopic (exact) mass is 545 g/mol. The molecule has 0 aromatic heterocycles. The highest BCUT2D eigenvalue weighted by molar-refractivity contribution is 6.03. The Morgan fingerprint density at radius 3 is 2.60 bits per heavy atom.